The Bertz CT molecular complexity index is 617. The van der Waals surface area contributed by atoms with Crippen LogP contribution >= 0.6 is 0 Å². The number of nitrogens with zero attached hydrogens (tertiary/aromatic N) is 1. The topological polar surface area (TPSA) is 37.4 Å². The first-order valence-corrected chi connectivity index (χ1v) is 11.9. The predicted molar refractivity (Wildman–Crippen MR) is 92.0 cm³/mol. The third-order valence-electron chi connectivity index (χ3n) is 3.72. The average Bonchev–Trinajstić information content (AvgIpc) is 2.79. The summed E-state index contributed by atoms with van der Waals surface area (Å²) in [6, 6.07) is 7.62. The summed E-state index contributed by atoms with van der Waals surface area (Å²) in [7, 11) is 0.916. The molecule has 21 heavy (non-hydrogen) atoms. The van der Waals surface area contributed by atoms with E-state index in [4.69, 9.17) is 0 Å². The highest BCUT2D eigenvalue weighted by Gasteiger charge is 2.38. The number of Topliss-reactive ketones (excluding diaryl/α,β-unsaturated/α-hetero) is 1. The fourth-order valence-corrected chi connectivity index (χ4v) is 5.93. The van der Waals surface area contributed by atoms with Crippen LogP contribution in [0.25, 0.3) is 0 Å². The first-order chi connectivity index (χ1) is 9.73. The number of benzene rings is 1. The highest BCUT2D eigenvalue weighted by atomic mass is 32.2. The molecule has 1 aliphatic rings. The molecular weight excluding hydrogens is 298 g/mol. The summed E-state index contributed by atoms with van der Waals surface area (Å²) in [5.74, 6) is 0.0982. The zero-order valence-corrected chi connectivity index (χ0v) is 15.2. The molecule has 2 atom stereocenters. The SMILES string of the molecule is CN(C)c1ccccc1S(=O)[C@H]1CC=C([Si](C)(C)C)C1=O. The molecule has 5 heteroatoms. The van der Waals surface area contributed by atoms with Gasteiger partial charge in [-0.15, -0.1) is 0 Å². The molecule has 0 radical (unpaired) electrons. The Morgan fingerprint density at radius 2 is 1.81 bits per heavy atom. The molecule has 2 rings (SSSR count). The lowest BCUT2D eigenvalue weighted by molar-refractivity contribution is -0.114. The van der Waals surface area contributed by atoms with Crippen molar-refractivity contribution in [1.29, 1.82) is 0 Å². The number of para-hydroxylation sites is 1. The van der Waals surface area contributed by atoms with Gasteiger partial charge in [0, 0.05) is 14.1 Å². The summed E-state index contributed by atoms with van der Waals surface area (Å²) < 4.78 is 12.9. The van der Waals surface area contributed by atoms with Gasteiger partial charge in [0.1, 0.15) is 5.25 Å². The van der Waals surface area contributed by atoms with Crippen molar-refractivity contribution in [3.8, 4) is 0 Å². The van der Waals surface area contributed by atoms with E-state index in [9.17, 15) is 9.00 Å². The fourth-order valence-electron chi connectivity index (χ4n) is 2.62. The molecule has 114 valence electrons. The number of hydrogen-bond acceptors (Lipinski definition) is 3. The maximum Gasteiger partial charge on any atom is 0.170 e. The van der Waals surface area contributed by atoms with Crippen LogP contribution in [-0.2, 0) is 15.6 Å². The van der Waals surface area contributed by atoms with Crippen LogP contribution in [0.15, 0.2) is 40.4 Å². The van der Waals surface area contributed by atoms with Crippen molar-refractivity contribution in [2.45, 2.75) is 36.2 Å². The van der Waals surface area contributed by atoms with Gasteiger partial charge in [-0.05, 0) is 23.7 Å². The van der Waals surface area contributed by atoms with E-state index in [1.165, 1.54) is 0 Å². The molecule has 3 nitrogen and oxygen atoms in total. The van der Waals surface area contributed by atoms with E-state index in [-0.39, 0.29) is 5.78 Å². The van der Waals surface area contributed by atoms with Gasteiger partial charge in [-0.25, -0.2) is 0 Å². The average molecular weight is 322 g/mol. The summed E-state index contributed by atoms with van der Waals surface area (Å²) in [5.41, 5.74) is 0.921. The molecule has 0 bridgehead atoms. The van der Waals surface area contributed by atoms with Gasteiger partial charge in [-0.1, -0.05) is 37.8 Å². The van der Waals surface area contributed by atoms with Crippen LogP contribution in [0.4, 0.5) is 5.69 Å². The van der Waals surface area contributed by atoms with Crippen molar-refractivity contribution < 1.29 is 9.00 Å². The number of carbonyl (C=O) groups excluding carboxylic acids is 1. The zero-order valence-electron chi connectivity index (χ0n) is 13.3. The molecule has 0 saturated heterocycles. The van der Waals surface area contributed by atoms with Crippen LogP contribution < -0.4 is 4.90 Å². The van der Waals surface area contributed by atoms with Gasteiger partial charge in [0.2, 0.25) is 0 Å². The summed E-state index contributed by atoms with van der Waals surface area (Å²) in [6.45, 7) is 6.49. The van der Waals surface area contributed by atoms with Crippen molar-refractivity contribution >= 4 is 30.3 Å². The third-order valence-corrected chi connectivity index (χ3v) is 7.49. The Hall–Kier alpha value is -1.20. The van der Waals surface area contributed by atoms with E-state index in [0.29, 0.717) is 6.42 Å². The third kappa shape index (κ3) is 3.19. The number of hydrogen-bond donors (Lipinski definition) is 0. The molecule has 0 heterocycles. The lowest BCUT2D eigenvalue weighted by Gasteiger charge is -2.20. The Morgan fingerprint density at radius 1 is 1.19 bits per heavy atom. The monoisotopic (exact) mass is 321 g/mol. The van der Waals surface area contributed by atoms with Crippen molar-refractivity contribution in [3.05, 3.63) is 35.5 Å². The van der Waals surface area contributed by atoms with E-state index in [0.717, 1.165) is 15.8 Å². The molecule has 0 aromatic heterocycles. The second kappa shape index (κ2) is 5.89. The summed E-state index contributed by atoms with van der Waals surface area (Å²) >= 11 is 0. The molecule has 1 aromatic rings. The largest absolute Gasteiger partial charge is 0.377 e. The maximum atomic E-state index is 12.9. The smallest absolute Gasteiger partial charge is 0.170 e. The van der Waals surface area contributed by atoms with E-state index in [1.54, 1.807) is 0 Å². The minimum atomic E-state index is -1.64. The molecule has 1 aromatic carbocycles. The second-order valence-electron chi connectivity index (χ2n) is 6.62. The molecule has 1 unspecified atom stereocenters. The first kappa shape index (κ1) is 16.2. The van der Waals surface area contributed by atoms with Crippen molar-refractivity contribution in [2.75, 3.05) is 19.0 Å². The molecule has 0 spiro atoms. The predicted octanol–water partition coefficient (Wildman–Crippen LogP) is 3.01. The van der Waals surface area contributed by atoms with Crippen LogP contribution in [0.5, 0.6) is 0 Å². The summed E-state index contributed by atoms with van der Waals surface area (Å²) in [4.78, 5) is 15.3. The molecule has 0 N–H and O–H groups in total. The van der Waals surface area contributed by atoms with Gasteiger partial charge in [-0.3, -0.25) is 9.00 Å². The van der Waals surface area contributed by atoms with Crippen LogP contribution in [0, 0.1) is 0 Å². The van der Waals surface area contributed by atoms with E-state index < -0.39 is 24.1 Å². The number of allylic oxidation sites excluding steroid dienone is 2. The van der Waals surface area contributed by atoms with Crippen molar-refractivity contribution in [3.63, 3.8) is 0 Å². The molecule has 1 aliphatic carbocycles. The van der Waals surface area contributed by atoms with Gasteiger partial charge in [0.05, 0.1) is 29.5 Å². The number of carbonyl (C=O) groups is 1. The van der Waals surface area contributed by atoms with Crippen LogP contribution in [-0.4, -0.2) is 37.4 Å². The van der Waals surface area contributed by atoms with Gasteiger partial charge in [0.25, 0.3) is 0 Å². The standard InChI is InChI=1S/C16H23NO2SSi/c1-17(2)12-8-6-7-9-13(12)20(19)14-10-11-15(16(14)18)21(3,4)5/h6-9,11,14H,10H2,1-5H3/t14-,20?/m0/s1. The minimum Gasteiger partial charge on any atom is -0.377 e. The lowest BCUT2D eigenvalue weighted by Crippen LogP contribution is -2.33. The van der Waals surface area contributed by atoms with E-state index >= 15 is 0 Å². The summed E-state index contributed by atoms with van der Waals surface area (Å²) in [5, 5.41) is 0.538. The van der Waals surface area contributed by atoms with Gasteiger partial charge >= 0.3 is 0 Å². The minimum absolute atomic E-state index is 0.0982. The highest BCUT2D eigenvalue weighted by molar-refractivity contribution is 7.86. The summed E-state index contributed by atoms with van der Waals surface area (Å²) in [6.07, 6.45) is 2.63. The second-order valence-corrected chi connectivity index (χ2v) is 13.3. The van der Waals surface area contributed by atoms with Gasteiger partial charge < -0.3 is 4.90 Å². The van der Waals surface area contributed by atoms with Crippen LogP contribution in [0.3, 0.4) is 0 Å². The number of rotatable bonds is 4. The quantitative estimate of drug-likeness (QED) is 0.800. The number of ketones is 1. The fraction of sp³-hybridized carbons (Fsp3) is 0.438. The normalized spacial score (nSPS) is 20.3. The van der Waals surface area contributed by atoms with Crippen molar-refractivity contribution in [2.24, 2.45) is 0 Å². The Labute approximate surface area is 130 Å². The van der Waals surface area contributed by atoms with Gasteiger partial charge in [0.15, 0.2) is 5.78 Å². The maximum absolute atomic E-state index is 12.9. The Kier molecular flexibility index (Phi) is 4.53. The van der Waals surface area contributed by atoms with Crippen molar-refractivity contribution in [1.82, 2.24) is 0 Å². The van der Waals surface area contributed by atoms with E-state index in [1.807, 2.05) is 49.3 Å². The molecule has 0 fully saturated rings. The lowest BCUT2D eigenvalue weighted by atomic mass is 10.3. The molecular formula is C16H23NO2SSi. The Balaban J connectivity index is 2.30. The zero-order chi connectivity index (χ0) is 15.8. The van der Waals surface area contributed by atoms with E-state index in [2.05, 4.69) is 19.6 Å². The Morgan fingerprint density at radius 3 is 2.33 bits per heavy atom. The first-order valence-electron chi connectivity index (χ1n) is 7.15. The van der Waals surface area contributed by atoms with Gasteiger partial charge in [-0.2, -0.15) is 0 Å². The molecule has 0 saturated carbocycles. The van der Waals surface area contributed by atoms with Crippen LogP contribution in [0.1, 0.15) is 6.42 Å². The molecule has 0 aliphatic heterocycles. The van der Waals surface area contributed by atoms with Crippen LogP contribution in [0.2, 0.25) is 19.6 Å². The number of anilines is 1. The molecule has 0 amide bonds. The highest BCUT2D eigenvalue weighted by Crippen LogP contribution is 2.32.